The van der Waals surface area contributed by atoms with Gasteiger partial charge in [-0.15, -0.1) is 0 Å². The molecule has 3 rings (SSSR count). The van der Waals surface area contributed by atoms with E-state index in [1.54, 1.807) is 0 Å². The lowest BCUT2D eigenvalue weighted by Crippen LogP contribution is -2.45. The van der Waals surface area contributed by atoms with E-state index < -0.39 is 13.9 Å². The van der Waals surface area contributed by atoms with Gasteiger partial charge in [-0.3, -0.25) is 4.79 Å². The van der Waals surface area contributed by atoms with Crippen LogP contribution in [-0.4, -0.2) is 36.4 Å². The molecule has 4 nitrogen and oxygen atoms in total. The fourth-order valence-electron chi connectivity index (χ4n) is 3.24. The molecule has 1 saturated carbocycles. The molecule has 142 valence electrons. The van der Waals surface area contributed by atoms with Crippen LogP contribution in [0, 0.1) is 0 Å². The molecule has 1 amide bonds. The van der Waals surface area contributed by atoms with E-state index in [0.29, 0.717) is 25.1 Å². The number of benzene rings is 1. The lowest BCUT2D eigenvalue weighted by Gasteiger charge is -2.39. The number of carbonyl (C=O) groups excluding carboxylic acids is 1. The summed E-state index contributed by atoms with van der Waals surface area (Å²) in [5.41, 5.74) is 1.05. The van der Waals surface area contributed by atoms with Crippen LogP contribution in [0.1, 0.15) is 45.6 Å². The maximum atomic E-state index is 12.9. The first-order valence-corrected chi connectivity index (χ1v) is 12.4. The molecule has 1 heterocycles. The van der Waals surface area contributed by atoms with Gasteiger partial charge in [-0.2, -0.15) is 0 Å². The Morgan fingerprint density at radius 3 is 2.38 bits per heavy atom. The van der Waals surface area contributed by atoms with Crippen LogP contribution >= 0.6 is 0 Å². The highest BCUT2D eigenvalue weighted by atomic mass is 28.4. The second-order valence-corrected chi connectivity index (χ2v) is 13.9. The number of hydrogen-bond donors (Lipinski definition) is 1. The van der Waals surface area contributed by atoms with Crippen LogP contribution in [0.5, 0.6) is 0 Å². The highest BCUT2D eigenvalue weighted by molar-refractivity contribution is 6.74. The van der Waals surface area contributed by atoms with Crippen molar-refractivity contribution in [3.8, 4) is 0 Å². The van der Waals surface area contributed by atoms with Gasteiger partial charge in [0.25, 0.3) is 5.91 Å². The molecule has 1 aromatic rings. The molecule has 0 unspecified atom stereocenters. The molecule has 26 heavy (non-hydrogen) atoms. The van der Waals surface area contributed by atoms with E-state index in [1.165, 1.54) is 0 Å². The summed E-state index contributed by atoms with van der Waals surface area (Å²) in [6.07, 6.45) is 2.21. The zero-order chi connectivity index (χ0) is 19.2. The maximum absolute atomic E-state index is 12.9. The summed E-state index contributed by atoms with van der Waals surface area (Å²) in [5.74, 6) is 0.152. The lowest BCUT2D eigenvalue weighted by molar-refractivity contribution is -0.125. The minimum atomic E-state index is -2.01. The molecular formula is C21H31NO3Si. The predicted octanol–water partition coefficient (Wildman–Crippen LogP) is 4.79. The Morgan fingerprint density at radius 2 is 1.85 bits per heavy atom. The molecule has 0 aromatic heterocycles. The fraction of sp³-hybridized carbons (Fsp3) is 0.571. The zero-order valence-electron chi connectivity index (χ0n) is 16.6. The summed E-state index contributed by atoms with van der Waals surface area (Å²) in [4.78, 5) is 14.7. The van der Waals surface area contributed by atoms with Crippen molar-refractivity contribution in [3.05, 3.63) is 47.2 Å². The summed E-state index contributed by atoms with van der Waals surface area (Å²) in [7, 11) is -2.01. The van der Waals surface area contributed by atoms with Crippen molar-refractivity contribution < 1.29 is 14.3 Å². The van der Waals surface area contributed by atoms with Gasteiger partial charge in [0.15, 0.2) is 8.32 Å². The van der Waals surface area contributed by atoms with E-state index in [0.717, 1.165) is 18.4 Å². The summed E-state index contributed by atoms with van der Waals surface area (Å²) in [6, 6.07) is 9.99. The monoisotopic (exact) mass is 373 g/mol. The Hall–Kier alpha value is -1.59. The minimum Gasteiger partial charge on any atom is -0.509 e. The molecule has 1 saturated heterocycles. The molecule has 2 aliphatic rings. The molecule has 1 aliphatic carbocycles. The van der Waals surface area contributed by atoms with E-state index >= 15 is 0 Å². The van der Waals surface area contributed by atoms with Gasteiger partial charge in [0.05, 0.1) is 5.57 Å². The van der Waals surface area contributed by atoms with Gasteiger partial charge in [0, 0.05) is 13.1 Å². The number of aliphatic hydroxyl groups is 1. The Bertz CT molecular complexity index is 715. The average molecular weight is 374 g/mol. The molecule has 1 N–H and O–H groups in total. The summed E-state index contributed by atoms with van der Waals surface area (Å²) in [5, 5.41) is 11.0. The molecular weight excluding hydrogens is 342 g/mol. The summed E-state index contributed by atoms with van der Waals surface area (Å²) >= 11 is 0. The van der Waals surface area contributed by atoms with E-state index in [1.807, 2.05) is 35.2 Å². The van der Waals surface area contributed by atoms with Gasteiger partial charge in [-0.1, -0.05) is 51.1 Å². The predicted molar refractivity (Wildman–Crippen MR) is 106 cm³/mol. The smallest absolute Gasteiger partial charge is 0.253 e. The van der Waals surface area contributed by atoms with Crippen LogP contribution < -0.4 is 0 Å². The van der Waals surface area contributed by atoms with Crippen LogP contribution in [0.3, 0.4) is 0 Å². The third kappa shape index (κ3) is 3.60. The third-order valence-electron chi connectivity index (χ3n) is 6.07. The highest BCUT2D eigenvalue weighted by Gasteiger charge is 2.56. The molecule has 2 fully saturated rings. The minimum absolute atomic E-state index is 0.0449. The third-order valence-corrected chi connectivity index (χ3v) is 10.6. The summed E-state index contributed by atoms with van der Waals surface area (Å²) < 4.78 is 6.54. The maximum Gasteiger partial charge on any atom is 0.253 e. The molecule has 0 atom stereocenters. The zero-order valence-corrected chi connectivity index (χ0v) is 17.6. The molecule has 5 heteroatoms. The number of aliphatic hydroxyl groups excluding tert-OH is 1. The van der Waals surface area contributed by atoms with Gasteiger partial charge < -0.3 is 14.4 Å². The van der Waals surface area contributed by atoms with Crippen molar-refractivity contribution in [1.29, 1.82) is 0 Å². The van der Waals surface area contributed by atoms with Crippen LogP contribution in [0.2, 0.25) is 18.1 Å². The first-order valence-electron chi connectivity index (χ1n) is 9.52. The van der Waals surface area contributed by atoms with E-state index in [9.17, 15) is 9.90 Å². The number of hydrogen-bond acceptors (Lipinski definition) is 3. The number of amides is 1. The molecule has 1 aliphatic heterocycles. The van der Waals surface area contributed by atoms with E-state index in [2.05, 4.69) is 33.9 Å². The second-order valence-electron chi connectivity index (χ2n) is 9.15. The van der Waals surface area contributed by atoms with Crippen LogP contribution in [0.15, 0.2) is 41.7 Å². The summed E-state index contributed by atoms with van der Waals surface area (Å²) in [6.45, 7) is 12.2. The van der Waals surface area contributed by atoms with Crippen LogP contribution in [0.4, 0.5) is 0 Å². The number of nitrogens with zero attached hydrogens (tertiary/aromatic N) is 1. The van der Waals surface area contributed by atoms with Crippen LogP contribution in [0.25, 0.3) is 0 Å². The Labute approximate surface area is 158 Å². The van der Waals surface area contributed by atoms with Crippen molar-refractivity contribution in [1.82, 2.24) is 4.90 Å². The fourth-order valence-corrected chi connectivity index (χ4v) is 4.82. The topological polar surface area (TPSA) is 49.8 Å². The van der Waals surface area contributed by atoms with Gasteiger partial charge in [0.1, 0.15) is 11.4 Å². The number of likely N-dealkylation sites (tertiary alicyclic amines) is 1. The van der Waals surface area contributed by atoms with Crippen molar-refractivity contribution in [2.75, 3.05) is 6.54 Å². The van der Waals surface area contributed by atoms with Gasteiger partial charge in [-0.05, 0) is 43.0 Å². The highest BCUT2D eigenvalue weighted by Crippen LogP contribution is 2.52. The Balaban J connectivity index is 1.77. The SMILES string of the molecule is CC(C)(C)[Si](C)(C)OC1(/C(O)=C2\CCN(Cc3ccccc3)C2=O)CC1. The number of rotatable bonds is 5. The quantitative estimate of drug-likeness (QED) is 0.459. The van der Waals surface area contributed by atoms with Gasteiger partial charge in [0.2, 0.25) is 0 Å². The van der Waals surface area contributed by atoms with Gasteiger partial charge in [-0.25, -0.2) is 0 Å². The average Bonchev–Trinajstić information content (AvgIpc) is 3.24. The van der Waals surface area contributed by atoms with E-state index in [4.69, 9.17) is 4.43 Å². The van der Waals surface area contributed by atoms with Gasteiger partial charge >= 0.3 is 0 Å². The first-order chi connectivity index (χ1) is 12.1. The van der Waals surface area contributed by atoms with Crippen molar-refractivity contribution in [2.45, 2.75) is 70.3 Å². The molecule has 0 spiro atoms. The number of carbonyl (C=O) groups is 1. The lowest BCUT2D eigenvalue weighted by atomic mass is 10.1. The molecule has 0 radical (unpaired) electrons. The molecule has 1 aromatic carbocycles. The second kappa shape index (κ2) is 6.53. The Kier molecular flexibility index (Phi) is 4.82. The van der Waals surface area contributed by atoms with E-state index in [-0.39, 0.29) is 16.7 Å². The normalized spacial score (nSPS) is 21.9. The largest absolute Gasteiger partial charge is 0.509 e. The van der Waals surface area contributed by atoms with Crippen molar-refractivity contribution in [2.24, 2.45) is 0 Å². The molecule has 0 bridgehead atoms. The van der Waals surface area contributed by atoms with Crippen molar-refractivity contribution >= 4 is 14.2 Å². The standard InChI is InChI=1S/C21H31NO3Si/c1-20(2,3)26(4,5)25-21(12-13-21)18(23)17-11-14-22(19(17)24)15-16-9-7-6-8-10-16/h6-10,23H,11-15H2,1-5H3/b18-17-. The first kappa shape index (κ1) is 19.2. The van der Waals surface area contributed by atoms with Crippen molar-refractivity contribution in [3.63, 3.8) is 0 Å². The van der Waals surface area contributed by atoms with Crippen LogP contribution in [-0.2, 0) is 15.8 Å². The Morgan fingerprint density at radius 1 is 1.23 bits per heavy atom.